The first-order valence-electron chi connectivity index (χ1n) is 6.04. The summed E-state index contributed by atoms with van der Waals surface area (Å²) in [4.78, 5) is 4.30. The smallest absolute Gasteiger partial charge is 0.230 e. The highest BCUT2D eigenvalue weighted by atomic mass is 16.5. The van der Waals surface area contributed by atoms with Gasteiger partial charge < -0.3 is 10.5 Å². The minimum atomic E-state index is -0.0497. The fourth-order valence-corrected chi connectivity index (χ4v) is 1.70. The number of nitrogens with zero attached hydrogens (tertiary/aromatic N) is 1. The van der Waals surface area contributed by atoms with Gasteiger partial charge in [0.15, 0.2) is 0 Å². The Labute approximate surface area is 112 Å². The highest BCUT2D eigenvalue weighted by Gasteiger charge is 2.10. The molecule has 0 saturated heterocycles. The first-order chi connectivity index (χ1) is 8.97. The zero-order chi connectivity index (χ0) is 14.0. The molecule has 0 aliphatic heterocycles. The number of amidine groups is 1. The minimum Gasteiger partial charge on any atom is -0.438 e. The lowest BCUT2D eigenvalue weighted by Gasteiger charge is -2.11. The summed E-state index contributed by atoms with van der Waals surface area (Å²) < 4.78 is 5.76. The van der Waals surface area contributed by atoms with Gasteiger partial charge in [0, 0.05) is 5.69 Å². The standard InChI is InChI=1S/C15H17N3O/c1-9-4-6-12(8-10(9)2)19-15-13(14(16)17)7-5-11(3)18-15/h4-8H,1-3H3,(H3,16,17). The number of nitrogens with two attached hydrogens (primary N) is 1. The number of nitrogen functional groups attached to an aromatic ring is 1. The highest BCUT2D eigenvalue weighted by Crippen LogP contribution is 2.25. The van der Waals surface area contributed by atoms with E-state index in [9.17, 15) is 0 Å². The van der Waals surface area contributed by atoms with Crippen LogP contribution in [-0.4, -0.2) is 10.8 Å². The normalized spacial score (nSPS) is 10.3. The van der Waals surface area contributed by atoms with E-state index in [0.29, 0.717) is 17.2 Å². The molecule has 2 aromatic rings. The molecule has 0 amide bonds. The Hall–Kier alpha value is -2.36. The molecule has 0 saturated carbocycles. The minimum absolute atomic E-state index is 0.0497. The maximum absolute atomic E-state index is 7.55. The molecule has 0 aliphatic carbocycles. The van der Waals surface area contributed by atoms with Crippen molar-refractivity contribution in [2.24, 2.45) is 5.73 Å². The van der Waals surface area contributed by atoms with Gasteiger partial charge in [0.25, 0.3) is 0 Å². The molecule has 4 nitrogen and oxygen atoms in total. The lowest BCUT2D eigenvalue weighted by Crippen LogP contribution is -2.13. The van der Waals surface area contributed by atoms with Crippen LogP contribution in [-0.2, 0) is 0 Å². The summed E-state index contributed by atoms with van der Waals surface area (Å²) in [6.45, 7) is 5.94. The molecule has 1 aromatic carbocycles. The van der Waals surface area contributed by atoms with Crippen LogP contribution in [0.3, 0.4) is 0 Å². The molecule has 19 heavy (non-hydrogen) atoms. The van der Waals surface area contributed by atoms with Crippen molar-refractivity contribution in [3.63, 3.8) is 0 Å². The Kier molecular flexibility index (Phi) is 3.51. The zero-order valence-electron chi connectivity index (χ0n) is 11.3. The molecular formula is C15H17N3O. The maximum atomic E-state index is 7.55. The van der Waals surface area contributed by atoms with Crippen LogP contribution in [0.25, 0.3) is 0 Å². The largest absolute Gasteiger partial charge is 0.438 e. The van der Waals surface area contributed by atoms with E-state index < -0.39 is 0 Å². The molecule has 0 aliphatic rings. The van der Waals surface area contributed by atoms with Crippen LogP contribution in [0.15, 0.2) is 30.3 Å². The quantitative estimate of drug-likeness (QED) is 0.654. The Morgan fingerprint density at radius 1 is 1.11 bits per heavy atom. The van der Waals surface area contributed by atoms with Crippen molar-refractivity contribution in [2.45, 2.75) is 20.8 Å². The molecule has 1 heterocycles. The Balaban J connectivity index is 2.39. The molecular weight excluding hydrogens is 238 g/mol. The Morgan fingerprint density at radius 2 is 1.84 bits per heavy atom. The predicted molar refractivity (Wildman–Crippen MR) is 76.0 cm³/mol. The van der Waals surface area contributed by atoms with Crippen LogP contribution in [0.2, 0.25) is 0 Å². The third-order valence-corrected chi connectivity index (χ3v) is 2.98. The van der Waals surface area contributed by atoms with E-state index in [0.717, 1.165) is 11.3 Å². The third-order valence-electron chi connectivity index (χ3n) is 2.98. The van der Waals surface area contributed by atoms with Crippen LogP contribution in [0.1, 0.15) is 22.4 Å². The van der Waals surface area contributed by atoms with Crippen molar-refractivity contribution >= 4 is 5.84 Å². The zero-order valence-corrected chi connectivity index (χ0v) is 11.3. The molecule has 0 unspecified atom stereocenters. The number of aryl methyl sites for hydroxylation is 3. The predicted octanol–water partition coefficient (Wildman–Crippen LogP) is 3.08. The second-order valence-corrected chi connectivity index (χ2v) is 4.57. The van der Waals surface area contributed by atoms with Crippen molar-refractivity contribution in [2.75, 3.05) is 0 Å². The van der Waals surface area contributed by atoms with Gasteiger partial charge in [-0.1, -0.05) is 6.07 Å². The fourth-order valence-electron chi connectivity index (χ4n) is 1.70. The van der Waals surface area contributed by atoms with Gasteiger partial charge in [0.2, 0.25) is 5.88 Å². The number of nitrogens with one attached hydrogen (secondary N) is 1. The van der Waals surface area contributed by atoms with Gasteiger partial charge in [-0.2, -0.15) is 0 Å². The van der Waals surface area contributed by atoms with Crippen molar-refractivity contribution in [3.05, 3.63) is 52.7 Å². The maximum Gasteiger partial charge on any atom is 0.230 e. The van der Waals surface area contributed by atoms with Crippen LogP contribution in [0.4, 0.5) is 0 Å². The highest BCUT2D eigenvalue weighted by molar-refractivity contribution is 5.97. The Morgan fingerprint density at radius 3 is 2.47 bits per heavy atom. The number of ether oxygens (including phenoxy) is 1. The SMILES string of the molecule is Cc1ccc(C(=N)N)c(Oc2ccc(C)c(C)c2)n1. The topological polar surface area (TPSA) is 72.0 Å². The van der Waals surface area contributed by atoms with Crippen LogP contribution in [0, 0.1) is 26.2 Å². The van der Waals surface area contributed by atoms with E-state index in [1.54, 1.807) is 6.07 Å². The molecule has 0 bridgehead atoms. The number of rotatable bonds is 3. The van der Waals surface area contributed by atoms with Crippen LogP contribution < -0.4 is 10.5 Å². The molecule has 0 atom stereocenters. The van der Waals surface area contributed by atoms with E-state index in [1.807, 2.05) is 45.0 Å². The summed E-state index contributed by atoms with van der Waals surface area (Å²) in [5.74, 6) is 1.02. The van der Waals surface area contributed by atoms with E-state index >= 15 is 0 Å². The van der Waals surface area contributed by atoms with Crippen molar-refractivity contribution in [1.29, 1.82) is 5.41 Å². The molecule has 1 aromatic heterocycles. The van der Waals surface area contributed by atoms with E-state index in [1.165, 1.54) is 5.56 Å². The molecule has 0 radical (unpaired) electrons. The number of aromatic nitrogens is 1. The number of hydrogen-bond acceptors (Lipinski definition) is 3. The van der Waals surface area contributed by atoms with E-state index in [4.69, 9.17) is 15.9 Å². The number of pyridine rings is 1. The molecule has 0 fully saturated rings. The first-order valence-corrected chi connectivity index (χ1v) is 6.04. The summed E-state index contributed by atoms with van der Waals surface area (Å²) in [6, 6.07) is 9.39. The summed E-state index contributed by atoms with van der Waals surface area (Å²) in [7, 11) is 0. The number of hydrogen-bond donors (Lipinski definition) is 2. The molecule has 4 heteroatoms. The van der Waals surface area contributed by atoms with Gasteiger partial charge in [-0.3, -0.25) is 5.41 Å². The van der Waals surface area contributed by atoms with Gasteiger partial charge >= 0.3 is 0 Å². The Bertz CT molecular complexity index is 635. The van der Waals surface area contributed by atoms with Gasteiger partial charge in [0.1, 0.15) is 11.6 Å². The van der Waals surface area contributed by atoms with Crippen molar-refractivity contribution in [1.82, 2.24) is 4.98 Å². The molecule has 3 N–H and O–H groups in total. The van der Waals surface area contributed by atoms with Crippen LogP contribution >= 0.6 is 0 Å². The van der Waals surface area contributed by atoms with E-state index in [2.05, 4.69) is 4.98 Å². The first kappa shape index (κ1) is 13.1. The molecule has 98 valence electrons. The third kappa shape index (κ3) is 2.91. The van der Waals surface area contributed by atoms with Gasteiger partial charge in [-0.15, -0.1) is 0 Å². The fraction of sp³-hybridized carbons (Fsp3) is 0.200. The second-order valence-electron chi connectivity index (χ2n) is 4.57. The lowest BCUT2D eigenvalue weighted by atomic mass is 10.1. The summed E-state index contributed by atoms with van der Waals surface area (Å²) in [6.07, 6.45) is 0. The number of benzene rings is 1. The van der Waals surface area contributed by atoms with Gasteiger partial charge in [0.05, 0.1) is 5.56 Å². The summed E-state index contributed by atoms with van der Waals surface area (Å²) in [5, 5.41) is 7.55. The lowest BCUT2D eigenvalue weighted by molar-refractivity contribution is 0.460. The van der Waals surface area contributed by atoms with Gasteiger partial charge in [-0.05, 0) is 56.2 Å². The van der Waals surface area contributed by atoms with Crippen LogP contribution in [0.5, 0.6) is 11.6 Å². The average molecular weight is 255 g/mol. The van der Waals surface area contributed by atoms with Crippen molar-refractivity contribution < 1.29 is 4.74 Å². The van der Waals surface area contributed by atoms with Crippen molar-refractivity contribution in [3.8, 4) is 11.6 Å². The molecule has 2 rings (SSSR count). The summed E-state index contributed by atoms with van der Waals surface area (Å²) >= 11 is 0. The van der Waals surface area contributed by atoms with E-state index in [-0.39, 0.29) is 5.84 Å². The monoisotopic (exact) mass is 255 g/mol. The second kappa shape index (κ2) is 5.10. The van der Waals surface area contributed by atoms with Gasteiger partial charge in [-0.25, -0.2) is 4.98 Å². The molecule has 0 spiro atoms. The average Bonchev–Trinajstić information content (AvgIpc) is 2.33. The summed E-state index contributed by atoms with van der Waals surface area (Å²) in [5.41, 5.74) is 9.21.